The van der Waals surface area contributed by atoms with Gasteiger partial charge in [0.25, 0.3) is 21.9 Å². The first kappa shape index (κ1) is 18.7. The maximum atomic E-state index is 13.1. The van der Waals surface area contributed by atoms with Gasteiger partial charge in [-0.15, -0.1) is 0 Å². The number of carbonyl (C=O) groups excluding carboxylic acids is 1. The molecule has 10 heteroatoms. The van der Waals surface area contributed by atoms with Gasteiger partial charge in [0.15, 0.2) is 0 Å². The molecule has 0 saturated carbocycles. The van der Waals surface area contributed by atoms with Gasteiger partial charge in [-0.05, 0) is 31.2 Å². The summed E-state index contributed by atoms with van der Waals surface area (Å²) < 4.78 is 57.9. The van der Waals surface area contributed by atoms with E-state index in [0.29, 0.717) is 6.92 Å². The number of nitrogens with one attached hydrogen (secondary N) is 1. The molecule has 0 radical (unpaired) electrons. The van der Waals surface area contributed by atoms with Gasteiger partial charge < -0.3 is 4.74 Å². The highest BCUT2D eigenvalue weighted by Gasteiger charge is 2.27. The number of hydrogen-bond donors (Lipinski definition) is 1. The van der Waals surface area contributed by atoms with E-state index in [2.05, 4.69) is 9.97 Å². The lowest BCUT2D eigenvalue weighted by Crippen LogP contribution is -2.31. The smallest absolute Gasteiger partial charge is 0.283 e. The van der Waals surface area contributed by atoms with Crippen molar-refractivity contribution in [2.75, 3.05) is 6.61 Å². The fraction of sp³-hybridized carbons (Fsp3) is 0.267. The van der Waals surface area contributed by atoms with Crippen molar-refractivity contribution in [3.8, 4) is 5.88 Å². The van der Waals surface area contributed by atoms with Crippen LogP contribution in [0.3, 0.4) is 0 Å². The van der Waals surface area contributed by atoms with Crippen LogP contribution in [-0.2, 0) is 15.9 Å². The molecule has 0 atom stereocenters. The number of ether oxygens (including phenoxy) is 1. The summed E-state index contributed by atoms with van der Waals surface area (Å²) in [5, 5.41) is 0. The van der Waals surface area contributed by atoms with Crippen LogP contribution in [0.5, 0.6) is 5.88 Å². The zero-order valence-corrected chi connectivity index (χ0v) is 14.2. The molecule has 0 unspecified atom stereocenters. The average Bonchev–Trinajstić information content (AvgIpc) is 2.54. The Bertz CT molecular complexity index is 865. The number of pyridine rings is 2. The zero-order chi connectivity index (χ0) is 18.7. The Morgan fingerprint density at radius 2 is 2.00 bits per heavy atom. The Balaban J connectivity index is 2.25. The second-order valence-electron chi connectivity index (χ2n) is 4.99. The predicted octanol–water partition coefficient (Wildman–Crippen LogP) is 2.11. The van der Waals surface area contributed by atoms with Gasteiger partial charge in [-0.2, -0.15) is 0 Å². The molecule has 2 heterocycles. The molecule has 0 bridgehead atoms. The van der Waals surface area contributed by atoms with Crippen molar-refractivity contribution in [2.24, 2.45) is 0 Å². The second kappa shape index (κ2) is 7.09. The van der Waals surface area contributed by atoms with E-state index < -0.39 is 27.4 Å². The number of hydrogen-bond acceptors (Lipinski definition) is 6. The fourth-order valence-electron chi connectivity index (χ4n) is 1.84. The van der Waals surface area contributed by atoms with Gasteiger partial charge >= 0.3 is 0 Å². The van der Waals surface area contributed by atoms with Gasteiger partial charge in [-0.3, -0.25) is 9.78 Å². The van der Waals surface area contributed by atoms with Crippen LogP contribution in [0.15, 0.2) is 41.6 Å². The first-order valence-corrected chi connectivity index (χ1v) is 8.63. The minimum atomic E-state index is -4.27. The van der Waals surface area contributed by atoms with Crippen LogP contribution in [-0.4, -0.2) is 30.9 Å². The monoisotopic (exact) mass is 371 g/mol. The summed E-state index contributed by atoms with van der Waals surface area (Å²) >= 11 is 0. The highest BCUT2D eigenvalue weighted by molar-refractivity contribution is 7.90. The van der Waals surface area contributed by atoms with Crippen molar-refractivity contribution in [1.82, 2.24) is 14.7 Å². The van der Waals surface area contributed by atoms with E-state index in [0.717, 1.165) is 18.3 Å². The van der Waals surface area contributed by atoms with Gasteiger partial charge in [0.05, 0.1) is 6.61 Å². The third-order valence-corrected chi connectivity index (χ3v) is 4.38. The molecule has 1 amide bonds. The van der Waals surface area contributed by atoms with Gasteiger partial charge in [0.2, 0.25) is 5.88 Å². The van der Waals surface area contributed by atoms with Crippen molar-refractivity contribution in [3.63, 3.8) is 0 Å². The molecule has 0 aliphatic rings. The molecule has 2 rings (SSSR count). The van der Waals surface area contributed by atoms with Crippen LogP contribution in [0.4, 0.5) is 8.78 Å². The lowest BCUT2D eigenvalue weighted by atomic mass is 10.1. The van der Waals surface area contributed by atoms with E-state index in [1.54, 1.807) is 6.92 Å². The molecule has 0 aliphatic heterocycles. The number of amides is 1. The van der Waals surface area contributed by atoms with Crippen LogP contribution < -0.4 is 9.46 Å². The zero-order valence-electron chi connectivity index (χ0n) is 13.4. The Kier molecular flexibility index (Phi) is 5.31. The Hall–Kier alpha value is -2.62. The minimum absolute atomic E-state index is 0.153. The first-order valence-electron chi connectivity index (χ1n) is 7.14. The van der Waals surface area contributed by atoms with E-state index in [1.165, 1.54) is 18.3 Å². The number of sulfonamides is 1. The van der Waals surface area contributed by atoms with Crippen LogP contribution in [0.1, 0.15) is 29.9 Å². The lowest BCUT2D eigenvalue weighted by molar-refractivity contribution is 0.0170. The molecular formula is C15H15F2N3O4S. The van der Waals surface area contributed by atoms with E-state index >= 15 is 0 Å². The normalized spacial score (nSPS) is 11.8. The molecule has 0 aliphatic carbocycles. The van der Waals surface area contributed by atoms with Crippen molar-refractivity contribution >= 4 is 15.9 Å². The fourth-order valence-corrected chi connectivity index (χ4v) is 2.90. The average molecular weight is 371 g/mol. The summed E-state index contributed by atoms with van der Waals surface area (Å²) in [6.45, 7) is 2.52. The van der Waals surface area contributed by atoms with Crippen LogP contribution in [0, 0.1) is 0 Å². The van der Waals surface area contributed by atoms with Gasteiger partial charge in [-0.1, -0.05) is 0 Å². The van der Waals surface area contributed by atoms with Crippen LogP contribution in [0.25, 0.3) is 0 Å². The predicted molar refractivity (Wildman–Crippen MR) is 83.9 cm³/mol. The SMILES string of the molecule is CCOc1ncccc1S(=O)(=O)NC(=O)c1ccc(C(C)(F)F)cn1. The molecular weight excluding hydrogens is 356 g/mol. The van der Waals surface area contributed by atoms with Crippen LogP contribution >= 0.6 is 0 Å². The summed E-state index contributed by atoms with van der Waals surface area (Å²) in [7, 11) is -4.27. The standard InChI is InChI=1S/C15H15F2N3O4S/c1-3-24-14-12(5-4-8-18-14)25(22,23)20-13(21)11-7-6-10(9-19-11)15(2,16)17/h4-9H,3H2,1-2H3,(H,20,21). The van der Waals surface area contributed by atoms with Crippen LogP contribution in [0.2, 0.25) is 0 Å². The number of aromatic nitrogens is 2. The molecule has 0 saturated heterocycles. The third kappa shape index (κ3) is 4.47. The van der Waals surface area contributed by atoms with E-state index in [9.17, 15) is 22.0 Å². The summed E-state index contributed by atoms with van der Waals surface area (Å²) in [5.41, 5.74) is -0.712. The van der Waals surface area contributed by atoms with Crippen molar-refractivity contribution < 1.29 is 26.7 Å². The van der Waals surface area contributed by atoms with Gasteiger partial charge in [-0.25, -0.2) is 26.9 Å². The molecule has 25 heavy (non-hydrogen) atoms. The van der Waals surface area contributed by atoms with Crippen molar-refractivity contribution in [1.29, 1.82) is 0 Å². The maximum Gasteiger partial charge on any atom is 0.283 e. The number of halogens is 2. The first-order chi connectivity index (χ1) is 11.6. The number of nitrogens with zero attached hydrogens (tertiary/aromatic N) is 2. The van der Waals surface area contributed by atoms with E-state index in [-0.39, 0.29) is 23.1 Å². The molecule has 0 fully saturated rings. The molecule has 0 spiro atoms. The molecule has 2 aromatic heterocycles. The summed E-state index contributed by atoms with van der Waals surface area (Å²) in [5.74, 6) is -4.33. The molecule has 0 aromatic carbocycles. The molecule has 7 nitrogen and oxygen atoms in total. The Labute approximate surface area is 143 Å². The van der Waals surface area contributed by atoms with Crippen molar-refractivity contribution in [3.05, 3.63) is 47.9 Å². The Morgan fingerprint density at radius 1 is 1.28 bits per heavy atom. The number of rotatable bonds is 6. The topological polar surface area (TPSA) is 98.2 Å². The highest BCUT2D eigenvalue weighted by atomic mass is 32.2. The van der Waals surface area contributed by atoms with Gasteiger partial charge in [0, 0.05) is 24.9 Å². The highest BCUT2D eigenvalue weighted by Crippen LogP contribution is 2.26. The molecule has 134 valence electrons. The van der Waals surface area contributed by atoms with E-state index in [4.69, 9.17) is 4.74 Å². The largest absolute Gasteiger partial charge is 0.477 e. The third-order valence-electron chi connectivity index (χ3n) is 3.04. The van der Waals surface area contributed by atoms with Crippen molar-refractivity contribution in [2.45, 2.75) is 24.7 Å². The summed E-state index contributed by atoms with van der Waals surface area (Å²) in [6, 6.07) is 4.62. The summed E-state index contributed by atoms with van der Waals surface area (Å²) in [6.07, 6.45) is 2.16. The second-order valence-corrected chi connectivity index (χ2v) is 6.65. The molecule has 2 aromatic rings. The maximum absolute atomic E-state index is 13.1. The number of carbonyl (C=O) groups is 1. The van der Waals surface area contributed by atoms with Gasteiger partial charge in [0.1, 0.15) is 10.6 Å². The molecule has 1 N–H and O–H groups in total. The quantitative estimate of drug-likeness (QED) is 0.835. The number of alkyl halides is 2. The Morgan fingerprint density at radius 3 is 2.56 bits per heavy atom. The minimum Gasteiger partial charge on any atom is -0.477 e. The summed E-state index contributed by atoms with van der Waals surface area (Å²) in [4.78, 5) is 19.1. The van der Waals surface area contributed by atoms with E-state index in [1.807, 2.05) is 4.72 Å². The lowest BCUT2D eigenvalue weighted by Gasteiger charge is -2.12.